The van der Waals surface area contributed by atoms with E-state index in [0.29, 0.717) is 0 Å². The molecule has 1 fully saturated rings. The summed E-state index contributed by atoms with van der Waals surface area (Å²) in [5.74, 6) is -0.210. The van der Waals surface area contributed by atoms with Crippen LogP contribution in [0.25, 0.3) is 9.88 Å². The predicted molar refractivity (Wildman–Crippen MR) is 82.7 cm³/mol. The third-order valence-corrected chi connectivity index (χ3v) is 5.52. The van der Waals surface area contributed by atoms with Crippen LogP contribution < -0.4 is 5.73 Å². The van der Waals surface area contributed by atoms with Gasteiger partial charge in [-0.25, -0.2) is 4.98 Å². The maximum absolute atomic E-state index is 11.5. The first-order chi connectivity index (χ1) is 9.74. The lowest BCUT2D eigenvalue weighted by molar-refractivity contribution is -0.124. The van der Waals surface area contributed by atoms with Gasteiger partial charge in [0.25, 0.3) is 0 Å². The van der Waals surface area contributed by atoms with Crippen molar-refractivity contribution < 1.29 is 4.79 Å². The average molecular weight is 307 g/mol. The van der Waals surface area contributed by atoms with E-state index in [1.165, 1.54) is 4.88 Å². The van der Waals surface area contributed by atoms with Crippen molar-refractivity contribution in [3.8, 4) is 9.88 Å². The van der Waals surface area contributed by atoms with Gasteiger partial charge in [0.15, 0.2) is 0 Å². The van der Waals surface area contributed by atoms with Gasteiger partial charge in [-0.2, -0.15) is 0 Å². The van der Waals surface area contributed by atoms with Crippen LogP contribution in [-0.2, 0) is 11.3 Å². The summed E-state index contributed by atoms with van der Waals surface area (Å²) in [5.41, 5.74) is 6.53. The van der Waals surface area contributed by atoms with E-state index < -0.39 is 0 Å². The van der Waals surface area contributed by atoms with Gasteiger partial charge >= 0.3 is 0 Å². The molecule has 1 atom stereocenters. The number of hydrogen-bond donors (Lipinski definition) is 1. The highest BCUT2D eigenvalue weighted by Gasteiger charge is 2.27. The number of thiophene rings is 1. The zero-order valence-corrected chi connectivity index (χ0v) is 12.8. The Labute approximate surface area is 126 Å². The van der Waals surface area contributed by atoms with Gasteiger partial charge in [-0.3, -0.25) is 9.69 Å². The number of piperidine rings is 1. The molecule has 0 unspecified atom stereocenters. The molecule has 4 nitrogen and oxygen atoms in total. The number of likely N-dealkylation sites (tertiary alicyclic amines) is 1. The van der Waals surface area contributed by atoms with Gasteiger partial charge in [-0.15, -0.1) is 22.7 Å². The first-order valence-corrected chi connectivity index (χ1v) is 8.51. The van der Waals surface area contributed by atoms with Crippen LogP contribution in [0.3, 0.4) is 0 Å². The maximum atomic E-state index is 11.5. The van der Waals surface area contributed by atoms with E-state index in [2.05, 4.69) is 26.7 Å². The van der Waals surface area contributed by atoms with Crippen LogP contribution in [0.4, 0.5) is 0 Å². The van der Waals surface area contributed by atoms with Crippen molar-refractivity contribution in [2.75, 3.05) is 6.54 Å². The van der Waals surface area contributed by atoms with E-state index in [-0.39, 0.29) is 11.9 Å². The third kappa shape index (κ3) is 2.92. The van der Waals surface area contributed by atoms with E-state index in [1.807, 2.05) is 6.07 Å². The summed E-state index contributed by atoms with van der Waals surface area (Å²) in [7, 11) is 0. The van der Waals surface area contributed by atoms with Crippen molar-refractivity contribution in [2.45, 2.75) is 31.8 Å². The molecule has 0 saturated carbocycles. The van der Waals surface area contributed by atoms with Crippen LogP contribution in [0.1, 0.15) is 25.0 Å². The van der Waals surface area contributed by atoms with Crippen LogP contribution in [0.2, 0.25) is 0 Å². The van der Waals surface area contributed by atoms with Crippen molar-refractivity contribution >= 4 is 28.6 Å². The topological polar surface area (TPSA) is 59.2 Å². The summed E-state index contributed by atoms with van der Waals surface area (Å²) in [5, 5.41) is 5.20. The molecule has 2 N–H and O–H groups in total. The molecule has 2 aromatic heterocycles. The Morgan fingerprint density at radius 3 is 3.10 bits per heavy atom. The number of nitrogens with two attached hydrogens (primary N) is 1. The Kier molecular flexibility index (Phi) is 4.14. The molecule has 0 radical (unpaired) electrons. The highest BCUT2D eigenvalue weighted by Crippen LogP contribution is 2.29. The first kappa shape index (κ1) is 13.7. The van der Waals surface area contributed by atoms with E-state index in [4.69, 9.17) is 5.73 Å². The minimum atomic E-state index is -0.210. The largest absolute Gasteiger partial charge is 0.368 e. The number of carbonyl (C=O) groups excluding carboxylic acids is 1. The van der Waals surface area contributed by atoms with Crippen molar-refractivity contribution in [1.82, 2.24) is 9.88 Å². The molecule has 0 spiro atoms. The van der Waals surface area contributed by atoms with Crippen LogP contribution in [-0.4, -0.2) is 28.4 Å². The predicted octanol–water partition coefficient (Wildman–Crippen LogP) is 2.71. The Balaban J connectivity index is 1.72. The Hall–Kier alpha value is -1.24. The number of hydrogen-bond acceptors (Lipinski definition) is 5. The summed E-state index contributed by atoms with van der Waals surface area (Å²) >= 11 is 3.36. The molecule has 1 amide bonds. The number of aromatic nitrogens is 1. The maximum Gasteiger partial charge on any atom is 0.234 e. The molecule has 3 heterocycles. The normalized spacial score (nSPS) is 20.1. The molecule has 1 saturated heterocycles. The molecular formula is C14H17N3OS2. The van der Waals surface area contributed by atoms with E-state index in [1.54, 1.807) is 22.7 Å². The highest BCUT2D eigenvalue weighted by molar-refractivity contribution is 7.20. The summed E-state index contributed by atoms with van der Waals surface area (Å²) in [6, 6.07) is 3.99. The average Bonchev–Trinajstić information content (AvgIpc) is 3.09. The number of thiazole rings is 1. The van der Waals surface area contributed by atoms with Gasteiger partial charge < -0.3 is 5.73 Å². The minimum Gasteiger partial charge on any atom is -0.368 e. The zero-order chi connectivity index (χ0) is 13.9. The van der Waals surface area contributed by atoms with Crippen LogP contribution in [0.5, 0.6) is 0 Å². The molecular weight excluding hydrogens is 290 g/mol. The summed E-state index contributed by atoms with van der Waals surface area (Å²) in [6.45, 7) is 1.65. The third-order valence-electron chi connectivity index (χ3n) is 3.59. The fraction of sp³-hybridized carbons (Fsp3) is 0.429. The summed E-state index contributed by atoms with van der Waals surface area (Å²) in [6.07, 6.45) is 3.09. The van der Waals surface area contributed by atoms with Crippen molar-refractivity contribution in [3.63, 3.8) is 0 Å². The summed E-state index contributed by atoms with van der Waals surface area (Å²) in [4.78, 5) is 19.6. The van der Waals surface area contributed by atoms with Crippen molar-refractivity contribution in [2.24, 2.45) is 5.73 Å². The highest BCUT2D eigenvalue weighted by atomic mass is 32.1. The standard InChI is InChI=1S/C14H17N3OS2/c15-13(18)11-4-1-2-6-17(11)8-10-9-20-14(16-10)12-5-3-7-19-12/h3,5,7,9,11H,1-2,4,6,8H2,(H2,15,18)/t11-/m0/s1. The molecule has 2 aromatic rings. The van der Waals surface area contributed by atoms with Gasteiger partial charge in [-0.1, -0.05) is 12.5 Å². The van der Waals surface area contributed by atoms with E-state index in [9.17, 15) is 4.79 Å². The van der Waals surface area contributed by atoms with Gasteiger partial charge in [0.2, 0.25) is 5.91 Å². The quantitative estimate of drug-likeness (QED) is 0.945. The van der Waals surface area contributed by atoms with Gasteiger partial charge in [0.1, 0.15) is 5.01 Å². The van der Waals surface area contributed by atoms with Gasteiger partial charge in [0, 0.05) is 11.9 Å². The lowest BCUT2D eigenvalue weighted by Crippen LogP contribution is -2.47. The van der Waals surface area contributed by atoms with E-state index >= 15 is 0 Å². The molecule has 0 bridgehead atoms. The number of carbonyl (C=O) groups is 1. The zero-order valence-electron chi connectivity index (χ0n) is 11.1. The lowest BCUT2D eigenvalue weighted by atomic mass is 10.0. The smallest absolute Gasteiger partial charge is 0.234 e. The molecule has 3 rings (SSSR count). The van der Waals surface area contributed by atoms with Crippen LogP contribution >= 0.6 is 22.7 Å². The van der Waals surface area contributed by atoms with Gasteiger partial charge in [0.05, 0.1) is 16.6 Å². The fourth-order valence-corrected chi connectivity index (χ4v) is 4.23. The Bertz CT molecular complexity index is 579. The van der Waals surface area contributed by atoms with Crippen molar-refractivity contribution in [3.05, 3.63) is 28.6 Å². The molecule has 0 aromatic carbocycles. The Morgan fingerprint density at radius 2 is 2.35 bits per heavy atom. The second kappa shape index (κ2) is 6.03. The molecule has 20 heavy (non-hydrogen) atoms. The number of rotatable bonds is 4. The second-order valence-electron chi connectivity index (χ2n) is 5.01. The summed E-state index contributed by atoms with van der Waals surface area (Å²) < 4.78 is 0. The SMILES string of the molecule is NC(=O)[C@@H]1CCCCN1Cc1csc(-c2cccs2)n1. The number of nitrogens with zero attached hydrogens (tertiary/aromatic N) is 2. The molecule has 6 heteroatoms. The molecule has 1 aliphatic heterocycles. The second-order valence-corrected chi connectivity index (χ2v) is 6.81. The van der Waals surface area contributed by atoms with Crippen LogP contribution in [0, 0.1) is 0 Å². The minimum absolute atomic E-state index is 0.129. The lowest BCUT2D eigenvalue weighted by Gasteiger charge is -2.32. The molecule has 1 aliphatic rings. The molecule has 106 valence electrons. The number of amides is 1. The Morgan fingerprint density at radius 1 is 1.45 bits per heavy atom. The van der Waals surface area contributed by atoms with E-state index in [0.717, 1.165) is 43.1 Å². The van der Waals surface area contributed by atoms with Crippen molar-refractivity contribution in [1.29, 1.82) is 0 Å². The number of primary amides is 1. The molecule has 0 aliphatic carbocycles. The first-order valence-electron chi connectivity index (χ1n) is 6.75. The fourth-order valence-electron chi connectivity index (χ4n) is 2.60. The monoisotopic (exact) mass is 307 g/mol. The van der Waals surface area contributed by atoms with Crippen LogP contribution in [0.15, 0.2) is 22.9 Å². The van der Waals surface area contributed by atoms with Gasteiger partial charge in [-0.05, 0) is 30.8 Å².